The first-order valence-electron chi connectivity index (χ1n) is 10.2. The second kappa shape index (κ2) is 8.59. The molecule has 32 heavy (non-hydrogen) atoms. The van der Waals surface area contributed by atoms with Crippen LogP contribution in [-0.4, -0.2) is 26.0 Å². The molecule has 1 aliphatic rings. The molecule has 2 amide bonds. The summed E-state index contributed by atoms with van der Waals surface area (Å²) in [5, 5.41) is 3.20. The van der Waals surface area contributed by atoms with Gasteiger partial charge in [-0.1, -0.05) is 36.4 Å². The van der Waals surface area contributed by atoms with Crippen molar-refractivity contribution in [1.82, 2.24) is 0 Å². The van der Waals surface area contributed by atoms with Crippen molar-refractivity contribution in [3.63, 3.8) is 0 Å². The predicted octanol–water partition coefficient (Wildman–Crippen LogP) is 4.72. The average Bonchev–Trinajstić information content (AvgIpc) is 3.05. The van der Waals surface area contributed by atoms with Crippen molar-refractivity contribution in [3.8, 4) is 11.5 Å². The minimum atomic E-state index is -0.442. The van der Waals surface area contributed by atoms with Crippen LogP contribution in [0.1, 0.15) is 16.7 Å². The van der Waals surface area contributed by atoms with E-state index >= 15 is 0 Å². The molecule has 4 rings (SSSR count). The molecule has 0 saturated heterocycles. The van der Waals surface area contributed by atoms with E-state index in [1.165, 1.54) is 14.2 Å². The van der Waals surface area contributed by atoms with E-state index in [1.54, 1.807) is 18.2 Å². The SMILES string of the molecule is COc1cc(OC)cc(N2C(=O)C(Nc3ccc(C)c(C)c3)=C(c3ccccc3)C2=O)c1. The van der Waals surface area contributed by atoms with Gasteiger partial charge in [-0.05, 0) is 42.7 Å². The molecule has 3 aromatic rings. The maximum absolute atomic E-state index is 13.6. The summed E-state index contributed by atoms with van der Waals surface area (Å²) in [6, 6.07) is 20.0. The van der Waals surface area contributed by atoms with Crippen molar-refractivity contribution < 1.29 is 19.1 Å². The van der Waals surface area contributed by atoms with Crippen LogP contribution in [0.2, 0.25) is 0 Å². The first-order valence-corrected chi connectivity index (χ1v) is 10.2. The van der Waals surface area contributed by atoms with Crippen molar-refractivity contribution in [2.24, 2.45) is 0 Å². The second-order valence-corrected chi connectivity index (χ2v) is 7.56. The zero-order valence-electron chi connectivity index (χ0n) is 18.4. The van der Waals surface area contributed by atoms with E-state index in [-0.39, 0.29) is 5.70 Å². The van der Waals surface area contributed by atoms with E-state index < -0.39 is 11.8 Å². The summed E-state index contributed by atoms with van der Waals surface area (Å²) >= 11 is 0. The Morgan fingerprint density at radius 2 is 1.41 bits per heavy atom. The number of hydrogen-bond acceptors (Lipinski definition) is 5. The number of hydrogen-bond donors (Lipinski definition) is 1. The molecule has 0 fully saturated rings. The first kappa shape index (κ1) is 21.2. The van der Waals surface area contributed by atoms with Crippen LogP contribution in [0.5, 0.6) is 11.5 Å². The smallest absolute Gasteiger partial charge is 0.282 e. The van der Waals surface area contributed by atoms with Gasteiger partial charge in [-0.15, -0.1) is 0 Å². The van der Waals surface area contributed by atoms with E-state index in [0.29, 0.717) is 28.3 Å². The van der Waals surface area contributed by atoms with Crippen LogP contribution in [0.25, 0.3) is 5.57 Å². The molecule has 0 aliphatic carbocycles. The lowest BCUT2D eigenvalue weighted by molar-refractivity contribution is -0.120. The molecular formula is C26H24N2O4. The molecule has 0 unspecified atom stereocenters. The Bertz CT molecular complexity index is 1210. The maximum atomic E-state index is 13.6. The molecule has 1 heterocycles. The number of aryl methyl sites for hydroxylation is 2. The zero-order valence-corrected chi connectivity index (χ0v) is 18.4. The van der Waals surface area contributed by atoms with Gasteiger partial charge in [-0.2, -0.15) is 0 Å². The van der Waals surface area contributed by atoms with Crippen LogP contribution in [0.15, 0.2) is 72.4 Å². The highest BCUT2D eigenvalue weighted by atomic mass is 16.5. The third kappa shape index (κ3) is 3.83. The lowest BCUT2D eigenvalue weighted by Crippen LogP contribution is -2.32. The minimum absolute atomic E-state index is 0.228. The van der Waals surface area contributed by atoms with E-state index in [4.69, 9.17) is 9.47 Å². The number of nitrogens with one attached hydrogen (secondary N) is 1. The number of rotatable bonds is 6. The molecule has 0 saturated carbocycles. The summed E-state index contributed by atoms with van der Waals surface area (Å²) in [6.07, 6.45) is 0. The Morgan fingerprint density at radius 3 is 2.00 bits per heavy atom. The number of imide groups is 1. The maximum Gasteiger partial charge on any atom is 0.282 e. The summed E-state index contributed by atoms with van der Waals surface area (Å²) < 4.78 is 10.7. The van der Waals surface area contributed by atoms with Crippen molar-refractivity contribution in [2.75, 3.05) is 24.4 Å². The standard InChI is InChI=1S/C26H24N2O4/c1-16-10-11-19(12-17(16)2)27-24-23(18-8-6-5-7-9-18)25(29)28(26(24)30)20-13-21(31-3)15-22(14-20)32-4/h5-15,27H,1-4H3. The first-order chi connectivity index (χ1) is 15.4. The van der Waals surface area contributed by atoms with Gasteiger partial charge in [0.2, 0.25) is 0 Å². The minimum Gasteiger partial charge on any atom is -0.497 e. The van der Waals surface area contributed by atoms with E-state index in [9.17, 15) is 9.59 Å². The van der Waals surface area contributed by atoms with E-state index in [1.807, 2.05) is 62.4 Å². The van der Waals surface area contributed by atoms with Crippen LogP contribution in [0, 0.1) is 13.8 Å². The van der Waals surface area contributed by atoms with Crippen LogP contribution in [-0.2, 0) is 9.59 Å². The topological polar surface area (TPSA) is 67.9 Å². The zero-order chi connectivity index (χ0) is 22.8. The highest BCUT2D eigenvalue weighted by molar-refractivity contribution is 6.46. The van der Waals surface area contributed by atoms with Gasteiger partial charge >= 0.3 is 0 Å². The van der Waals surface area contributed by atoms with Gasteiger partial charge in [0.1, 0.15) is 17.2 Å². The number of amides is 2. The fraction of sp³-hybridized carbons (Fsp3) is 0.154. The molecule has 0 aromatic heterocycles. The van der Waals surface area contributed by atoms with Gasteiger partial charge in [0.25, 0.3) is 11.8 Å². The average molecular weight is 428 g/mol. The largest absolute Gasteiger partial charge is 0.497 e. The Morgan fingerprint density at radius 1 is 0.750 bits per heavy atom. The lowest BCUT2D eigenvalue weighted by Gasteiger charge is -2.17. The predicted molar refractivity (Wildman–Crippen MR) is 125 cm³/mol. The highest BCUT2D eigenvalue weighted by Gasteiger charge is 2.40. The van der Waals surface area contributed by atoms with Gasteiger partial charge in [0.15, 0.2) is 0 Å². The second-order valence-electron chi connectivity index (χ2n) is 7.56. The molecule has 1 aliphatic heterocycles. The van der Waals surface area contributed by atoms with Crippen LogP contribution >= 0.6 is 0 Å². The molecule has 6 heteroatoms. The number of nitrogens with zero attached hydrogens (tertiary/aromatic N) is 1. The lowest BCUT2D eigenvalue weighted by atomic mass is 10.0. The van der Waals surface area contributed by atoms with Gasteiger partial charge in [0.05, 0.1) is 25.5 Å². The molecule has 0 radical (unpaired) electrons. The third-order valence-corrected chi connectivity index (χ3v) is 5.52. The summed E-state index contributed by atoms with van der Waals surface area (Å²) in [7, 11) is 3.04. The molecule has 1 N–H and O–H groups in total. The monoisotopic (exact) mass is 428 g/mol. The van der Waals surface area contributed by atoms with Gasteiger partial charge in [0, 0.05) is 23.9 Å². The molecule has 6 nitrogen and oxygen atoms in total. The molecule has 0 spiro atoms. The van der Waals surface area contributed by atoms with Gasteiger partial charge in [-0.25, -0.2) is 4.90 Å². The van der Waals surface area contributed by atoms with Gasteiger partial charge in [-0.3, -0.25) is 9.59 Å². The fourth-order valence-electron chi connectivity index (χ4n) is 3.64. The Kier molecular flexibility index (Phi) is 5.69. The fourth-order valence-corrected chi connectivity index (χ4v) is 3.64. The Balaban J connectivity index is 1.83. The third-order valence-electron chi connectivity index (χ3n) is 5.52. The molecule has 3 aromatic carbocycles. The normalized spacial score (nSPS) is 13.6. The van der Waals surface area contributed by atoms with Crippen LogP contribution in [0.4, 0.5) is 11.4 Å². The summed E-state index contributed by atoms with van der Waals surface area (Å²) in [5.41, 5.74) is 4.55. The number of anilines is 2. The van der Waals surface area contributed by atoms with Crippen LogP contribution < -0.4 is 19.7 Å². The summed E-state index contributed by atoms with van der Waals surface area (Å²) in [4.78, 5) is 28.3. The highest BCUT2D eigenvalue weighted by Crippen LogP contribution is 2.37. The van der Waals surface area contributed by atoms with E-state index in [2.05, 4.69) is 5.32 Å². The number of carbonyl (C=O) groups is 2. The number of carbonyl (C=O) groups excluding carboxylic acids is 2. The Hall–Kier alpha value is -4.06. The number of benzene rings is 3. The quantitative estimate of drug-likeness (QED) is 0.576. The van der Waals surface area contributed by atoms with Gasteiger partial charge < -0.3 is 14.8 Å². The number of methoxy groups -OCH3 is 2. The molecule has 162 valence electrons. The summed E-state index contributed by atoms with van der Waals surface area (Å²) in [6.45, 7) is 4.03. The Labute approximate surface area is 187 Å². The van der Waals surface area contributed by atoms with E-state index in [0.717, 1.165) is 21.7 Å². The van der Waals surface area contributed by atoms with Crippen molar-refractivity contribution in [2.45, 2.75) is 13.8 Å². The van der Waals surface area contributed by atoms with Crippen molar-refractivity contribution in [1.29, 1.82) is 0 Å². The molecule has 0 atom stereocenters. The number of ether oxygens (including phenoxy) is 2. The summed E-state index contributed by atoms with van der Waals surface area (Å²) in [5.74, 6) is 0.110. The molecule has 0 bridgehead atoms. The van der Waals surface area contributed by atoms with Crippen LogP contribution in [0.3, 0.4) is 0 Å². The van der Waals surface area contributed by atoms with Crippen molar-refractivity contribution in [3.05, 3.63) is 89.1 Å². The van der Waals surface area contributed by atoms with Crippen molar-refractivity contribution >= 4 is 28.8 Å². The molecular weight excluding hydrogens is 404 g/mol.